The number of halogens is 1. The zero-order valence-electron chi connectivity index (χ0n) is 17.7. The van der Waals surface area contributed by atoms with Gasteiger partial charge in [0.05, 0.1) is 6.54 Å². The Bertz CT molecular complexity index is 1020. The van der Waals surface area contributed by atoms with E-state index in [-0.39, 0.29) is 12.3 Å². The molecule has 162 valence electrons. The van der Waals surface area contributed by atoms with Crippen molar-refractivity contribution in [3.63, 3.8) is 0 Å². The molecule has 1 aliphatic carbocycles. The molecule has 0 bridgehead atoms. The third kappa shape index (κ3) is 3.99. The number of imide groups is 1. The Hall–Kier alpha value is -3.02. The van der Waals surface area contributed by atoms with Gasteiger partial charge < -0.3 is 5.32 Å². The zero-order chi connectivity index (χ0) is 22.0. The minimum Gasteiger partial charge on any atom is -0.319 e. The molecular formula is C25H27FN2O3. The molecule has 0 aromatic heterocycles. The van der Waals surface area contributed by atoms with E-state index >= 15 is 0 Å². The van der Waals surface area contributed by atoms with Crippen molar-refractivity contribution in [1.29, 1.82) is 0 Å². The number of unbranched alkanes of at least 4 members (excludes halogenated alkanes) is 1. The van der Waals surface area contributed by atoms with E-state index in [0.29, 0.717) is 24.0 Å². The molecule has 5 nitrogen and oxygen atoms in total. The van der Waals surface area contributed by atoms with E-state index in [1.54, 1.807) is 6.07 Å². The van der Waals surface area contributed by atoms with Crippen molar-refractivity contribution in [2.45, 2.75) is 57.4 Å². The van der Waals surface area contributed by atoms with Gasteiger partial charge in [0.1, 0.15) is 11.4 Å². The average Bonchev–Trinajstić information content (AvgIpc) is 3.02. The molecule has 31 heavy (non-hydrogen) atoms. The summed E-state index contributed by atoms with van der Waals surface area (Å²) in [6.45, 7) is 1.69. The van der Waals surface area contributed by atoms with E-state index < -0.39 is 23.3 Å². The first-order chi connectivity index (χ1) is 14.9. The molecule has 1 fully saturated rings. The van der Waals surface area contributed by atoms with E-state index in [2.05, 4.69) is 5.32 Å². The highest BCUT2D eigenvalue weighted by atomic mass is 19.1. The summed E-state index contributed by atoms with van der Waals surface area (Å²) in [6.07, 6.45) is 6.17. The van der Waals surface area contributed by atoms with Crippen LogP contribution in [0.4, 0.5) is 9.18 Å². The van der Waals surface area contributed by atoms with Gasteiger partial charge in [-0.25, -0.2) is 9.18 Å². The van der Waals surface area contributed by atoms with Crippen LogP contribution in [0.15, 0.2) is 42.5 Å². The number of ketones is 1. The number of urea groups is 1. The van der Waals surface area contributed by atoms with Crippen LogP contribution in [0.1, 0.15) is 66.1 Å². The molecule has 0 spiro atoms. The molecule has 4 rings (SSSR count). The Kier molecular flexibility index (Phi) is 5.90. The second-order valence-corrected chi connectivity index (χ2v) is 8.45. The number of Topliss-reactive ketones (excluding diaryl/α,β-unsaturated/α-hetero) is 1. The molecule has 1 atom stereocenters. The zero-order valence-corrected chi connectivity index (χ0v) is 17.7. The van der Waals surface area contributed by atoms with Gasteiger partial charge in [-0.1, -0.05) is 44.0 Å². The minimum atomic E-state index is -1.27. The molecular weight excluding hydrogens is 395 g/mol. The highest BCUT2D eigenvalue weighted by Crippen LogP contribution is 2.34. The van der Waals surface area contributed by atoms with Crippen LogP contribution in [0, 0.1) is 5.82 Å². The van der Waals surface area contributed by atoms with Gasteiger partial charge in [0.2, 0.25) is 0 Å². The van der Waals surface area contributed by atoms with E-state index in [1.165, 1.54) is 35.4 Å². The number of carbonyl (C=O) groups excluding carboxylic acids is 3. The topological polar surface area (TPSA) is 66.5 Å². The quantitative estimate of drug-likeness (QED) is 0.527. The lowest BCUT2D eigenvalue weighted by molar-refractivity contribution is -0.131. The molecule has 1 saturated heterocycles. The number of fused-ring (bicyclic) bond motifs is 1. The molecule has 0 radical (unpaired) electrons. The number of aryl methyl sites for hydroxylation is 2. The molecule has 6 heteroatoms. The van der Waals surface area contributed by atoms with Gasteiger partial charge >= 0.3 is 6.03 Å². The molecule has 2 aromatic carbocycles. The number of nitrogens with one attached hydrogen (secondary N) is 1. The predicted octanol–water partition coefficient (Wildman–Crippen LogP) is 4.52. The van der Waals surface area contributed by atoms with Crippen LogP contribution < -0.4 is 5.32 Å². The summed E-state index contributed by atoms with van der Waals surface area (Å²) in [7, 11) is 0. The normalized spacial score (nSPS) is 20.5. The summed E-state index contributed by atoms with van der Waals surface area (Å²) in [5.41, 5.74) is 2.24. The number of nitrogens with zero attached hydrogens (tertiary/aromatic N) is 1. The van der Waals surface area contributed by atoms with Crippen LogP contribution >= 0.6 is 0 Å². The fourth-order valence-electron chi connectivity index (χ4n) is 4.60. The maximum absolute atomic E-state index is 13.5. The van der Waals surface area contributed by atoms with Crippen molar-refractivity contribution in [1.82, 2.24) is 10.2 Å². The molecule has 0 saturated carbocycles. The van der Waals surface area contributed by atoms with E-state index in [4.69, 9.17) is 0 Å². The largest absolute Gasteiger partial charge is 0.325 e. The number of hydrogen-bond acceptors (Lipinski definition) is 3. The maximum Gasteiger partial charge on any atom is 0.325 e. The highest BCUT2D eigenvalue weighted by molar-refractivity contribution is 6.11. The first-order valence-electron chi connectivity index (χ1n) is 11.0. The highest BCUT2D eigenvalue weighted by Gasteiger charge is 2.52. The molecule has 1 heterocycles. The Balaban J connectivity index is 1.59. The molecule has 1 aliphatic heterocycles. The summed E-state index contributed by atoms with van der Waals surface area (Å²) >= 11 is 0. The summed E-state index contributed by atoms with van der Waals surface area (Å²) < 4.78 is 13.5. The van der Waals surface area contributed by atoms with Gasteiger partial charge in [-0.15, -0.1) is 0 Å². The summed E-state index contributed by atoms with van der Waals surface area (Å²) in [5, 5.41) is 2.81. The summed E-state index contributed by atoms with van der Waals surface area (Å²) in [5.74, 6) is -1.13. The smallest absolute Gasteiger partial charge is 0.319 e. The summed E-state index contributed by atoms with van der Waals surface area (Å²) in [6, 6.07) is 10.7. The van der Waals surface area contributed by atoms with Crippen molar-refractivity contribution in [2.75, 3.05) is 6.54 Å². The van der Waals surface area contributed by atoms with Crippen molar-refractivity contribution >= 4 is 17.7 Å². The number of hydrogen-bond donors (Lipinski definition) is 1. The molecule has 1 unspecified atom stereocenters. The van der Waals surface area contributed by atoms with Crippen LogP contribution in [0.3, 0.4) is 0 Å². The first-order valence-corrected chi connectivity index (χ1v) is 11.0. The van der Waals surface area contributed by atoms with Crippen molar-refractivity contribution < 1.29 is 18.8 Å². The standard InChI is InChI=1S/C25H27FN2O3/c1-2-3-14-25(20-10-12-21(26)13-11-20)23(30)28(24(31)27-25)16-22(29)19-9-8-17-6-4-5-7-18(17)15-19/h8-13,15H,2-7,14,16H2,1H3,(H,27,31). The number of benzene rings is 2. The van der Waals surface area contributed by atoms with Crippen LogP contribution in [-0.2, 0) is 23.2 Å². The molecule has 1 N–H and O–H groups in total. The summed E-state index contributed by atoms with van der Waals surface area (Å²) in [4.78, 5) is 40.2. The first kappa shape index (κ1) is 21.2. The fraction of sp³-hybridized carbons (Fsp3) is 0.400. The second-order valence-electron chi connectivity index (χ2n) is 8.45. The number of carbonyl (C=O) groups is 3. The van der Waals surface area contributed by atoms with Crippen molar-refractivity contribution in [2.24, 2.45) is 0 Å². The van der Waals surface area contributed by atoms with E-state index in [0.717, 1.165) is 37.0 Å². The van der Waals surface area contributed by atoms with Gasteiger partial charge in [0.15, 0.2) is 5.78 Å². The Labute approximate surface area is 181 Å². The van der Waals surface area contributed by atoms with Crippen LogP contribution in [0.5, 0.6) is 0 Å². The van der Waals surface area contributed by atoms with Crippen LogP contribution in [-0.4, -0.2) is 29.2 Å². The van der Waals surface area contributed by atoms with Crippen molar-refractivity contribution in [3.8, 4) is 0 Å². The fourth-order valence-corrected chi connectivity index (χ4v) is 4.60. The maximum atomic E-state index is 13.5. The van der Waals surface area contributed by atoms with Gasteiger partial charge in [-0.05, 0) is 67.0 Å². The van der Waals surface area contributed by atoms with Gasteiger partial charge in [-0.2, -0.15) is 0 Å². The van der Waals surface area contributed by atoms with E-state index in [1.807, 2.05) is 19.1 Å². The SMILES string of the molecule is CCCCC1(c2ccc(F)cc2)NC(=O)N(CC(=O)c2ccc3c(c2)CCCC3)C1=O. The van der Waals surface area contributed by atoms with Crippen LogP contribution in [0.2, 0.25) is 0 Å². The molecule has 2 aromatic rings. The Morgan fingerprint density at radius 3 is 2.48 bits per heavy atom. The Morgan fingerprint density at radius 2 is 1.77 bits per heavy atom. The van der Waals surface area contributed by atoms with Crippen molar-refractivity contribution in [3.05, 3.63) is 70.5 Å². The van der Waals surface area contributed by atoms with Gasteiger partial charge in [0.25, 0.3) is 5.91 Å². The van der Waals surface area contributed by atoms with E-state index in [9.17, 15) is 18.8 Å². The minimum absolute atomic E-state index is 0.262. The molecule has 3 amide bonds. The van der Waals surface area contributed by atoms with Crippen LogP contribution in [0.25, 0.3) is 0 Å². The second kappa shape index (κ2) is 8.61. The third-order valence-electron chi connectivity index (χ3n) is 6.39. The lowest BCUT2D eigenvalue weighted by atomic mass is 9.84. The third-order valence-corrected chi connectivity index (χ3v) is 6.39. The number of rotatable bonds is 7. The lowest BCUT2D eigenvalue weighted by Gasteiger charge is -2.27. The van der Waals surface area contributed by atoms with Gasteiger partial charge in [0, 0.05) is 5.56 Å². The van der Waals surface area contributed by atoms with Gasteiger partial charge in [-0.3, -0.25) is 14.5 Å². The predicted molar refractivity (Wildman–Crippen MR) is 115 cm³/mol. The monoisotopic (exact) mass is 422 g/mol. The lowest BCUT2D eigenvalue weighted by Crippen LogP contribution is -2.44. The average molecular weight is 423 g/mol. The Morgan fingerprint density at radius 1 is 1.06 bits per heavy atom. The molecule has 2 aliphatic rings. The number of amides is 3.